The number of carbonyl (C=O) groups is 1. The number of hydrogen-bond donors (Lipinski definition) is 2. The van der Waals surface area contributed by atoms with Crippen LogP contribution in [-0.4, -0.2) is 11.1 Å². The smallest absolute Gasteiger partial charge is 0.303 e. The summed E-state index contributed by atoms with van der Waals surface area (Å²) in [6.45, 7) is 1.60. The predicted octanol–water partition coefficient (Wildman–Crippen LogP) is 0.643. The van der Waals surface area contributed by atoms with Crippen LogP contribution in [0.25, 0.3) is 0 Å². The van der Waals surface area contributed by atoms with E-state index in [9.17, 15) is 4.79 Å². The molecule has 3 nitrogen and oxygen atoms in total. The van der Waals surface area contributed by atoms with Crippen LogP contribution in [0.1, 0.15) is 13.3 Å². The van der Waals surface area contributed by atoms with Gasteiger partial charge in [-0.3, -0.25) is 4.79 Å². The molecule has 0 rings (SSSR count). The lowest BCUT2D eigenvalue weighted by atomic mass is 10.5. The zero-order valence-corrected chi connectivity index (χ0v) is 3.77. The van der Waals surface area contributed by atoms with Crippen LogP contribution in [0.4, 0.5) is 0 Å². The molecule has 0 aliphatic carbocycles. The molecule has 38 valence electrons. The van der Waals surface area contributed by atoms with Gasteiger partial charge in [0.15, 0.2) is 0 Å². The van der Waals surface area contributed by atoms with E-state index >= 15 is 0 Å². The molecule has 0 aliphatic rings. The summed E-state index contributed by atoms with van der Waals surface area (Å²) in [5.41, 5.74) is 0. The average molecular weight is 91.1 g/mol. The van der Waals surface area contributed by atoms with E-state index in [-0.39, 0.29) is 12.6 Å². The van der Waals surface area contributed by atoms with Crippen molar-refractivity contribution in [3.63, 3.8) is 0 Å². The van der Waals surface area contributed by atoms with Crippen LogP contribution in [0.15, 0.2) is 0 Å². The van der Waals surface area contributed by atoms with E-state index < -0.39 is 5.97 Å². The van der Waals surface area contributed by atoms with Crippen molar-refractivity contribution < 1.29 is 9.90 Å². The fourth-order valence-electron chi connectivity index (χ4n) is 0. The van der Waals surface area contributed by atoms with E-state index in [0.717, 1.165) is 0 Å². The molecule has 0 bridgehead atoms. The molecule has 4 N–H and O–H groups in total. The Labute approximate surface area is 36.6 Å². The SMILES string of the molecule is CCC(=O)O.N. The van der Waals surface area contributed by atoms with E-state index in [2.05, 4.69) is 0 Å². The molecule has 0 atom stereocenters. The fourth-order valence-corrected chi connectivity index (χ4v) is 0. The normalized spacial score (nSPS) is 6.17. The molecule has 0 heterocycles. The summed E-state index contributed by atoms with van der Waals surface area (Å²) in [4.78, 5) is 9.37. The van der Waals surface area contributed by atoms with E-state index in [4.69, 9.17) is 5.11 Å². The number of carboxylic acid groups (broad SMARTS) is 1. The third kappa shape index (κ3) is 9.90. The Morgan fingerprint density at radius 2 is 2.00 bits per heavy atom. The van der Waals surface area contributed by atoms with Gasteiger partial charge >= 0.3 is 5.97 Å². The maximum atomic E-state index is 9.37. The number of rotatable bonds is 1. The maximum Gasteiger partial charge on any atom is 0.303 e. The van der Waals surface area contributed by atoms with Gasteiger partial charge < -0.3 is 11.3 Å². The topological polar surface area (TPSA) is 72.3 Å². The second-order valence-corrected chi connectivity index (χ2v) is 0.747. The van der Waals surface area contributed by atoms with Crippen molar-refractivity contribution in [3.05, 3.63) is 0 Å². The highest BCUT2D eigenvalue weighted by Gasteiger charge is 1.80. The van der Waals surface area contributed by atoms with Crippen LogP contribution in [0, 0.1) is 0 Å². The van der Waals surface area contributed by atoms with Gasteiger partial charge in [0.05, 0.1) is 0 Å². The second kappa shape index (κ2) is 4.43. The summed E-state index contributed by atoms with van der Waals surface area (Å²) in [6, 6.07) is 0. The van der Waals surface area contributed by atoms with Crippen LogP contribution in [0.3, 0.4) is 0 Å². The van der Waals surface area contributed by atoms with E-state index in [0.29, 0.717) is 0 Å². The van der Waals surface area contributed by atoms with Gasteiger partial charge in [0, 0.05) is 6.42 Å². The Balaban J connectivity index is 0. The summed E-state index contributed by atoms with van der Waals surface area (Å²) in [7, 11) is 0. The molecule has 0 amide bonds. The highest BCUT2D eigenvalue weighted by molar-refractivity contribution is 5.66. The van der Waals surface area contributed by atoms with Crippen LogP contribution in [0.2, 0.25) is 0 Å². The Morgan fingerprint density at radius 3 is 2.00 bits per heavy atom. The second-order valence-electron chi connectivity index (χ2n) is 0.747. The van der Waals surface area contributed by atoms with Crippen LogP contribution < -0.4 is 6.15 Å². The summed E-state index contributed by atoms with van der Waals surface area (Å²) < 4.78 is 0. The van der Waals surface area contributed by atoms with E-state index in [1.165, 1.54) is 0 Å². The van der Waals surface area contributed by atoms with Gasteiger partial charge in [-0.2, -0.15) is 0 Å². The lowest BCUT2D eigenvalue weighted by Gasteiger charge is -1.71. The molecule has 0 aromatic heterocycles. The first kappa shape index (κ1) is 9.06. The van der Waals surface area contributed by atoms with Crippen molar-refractivity contribution >= 4 is 5.97 Å². The zero-order chi connectivity index (χ0) is 4.28. The lowest BCUT2D eigenvalue weighted by molar-refractivity contribution is -0.136. The Kier molecular flexibility index (Phi) is 6.69. The van der Waals surface area contributed by atoms with Crippen molar-refractivity contribution in [3.8, 4) is 0 Å². The van der Waals surface area contributed by atoms with E-state index in [1.807, 2.05) is 0 Å². The molecule has 0 aromatic carbocycles. The molecule has 6 heavy (non-hydrogen) atoms. The lowest BCUT2D eigenvalue weighted by Crippen LogP contribution is -1.86. The first-order valence-corrected chi connectivity index (χ1v) is 1.49. The largest absolute Gasteiger partial charge is 0.481 e. The van der Waals surface area contributed by atoms with Gasteiger partial charge in [-0.1, -0.05) is 6.92 Å². The first-order valence-electron chi connectivity index (χ1n) is 1.49. The Morgan fingerprint density at radius 1 is 1.83 bits per heavy atom. The van der Waals surface area contributed by atoms with Crippen molar-refractivity contribution in [1.29, 1.82) is 0 Å². The molecular weight excluding hydrogens is 82.0 g/mol. The monoisotopic (exact) mass is 91.1 g/mol. The number of aliphatic carboxylic acids is 1. The van der Waals surface area contributed by atoms with Crippen molar-refractivity contribution in [2.24, 2.45) is 0 Å². The van der Waals surface area contributed by atoms with Gasteiger partial charge in [0.1, 0.15) is 0 Å². The Bertz CT molecular complexity index is 44.1. The summed E-state index contributed by atoms with van der Waals surface area (Å²) in [6.07, 6.45) is 0.222. The average Bonchev–Trinajstić information content (AvgIpc) is 1.38. The molecule has 0 aliphatic heterocycles. The van der Waals surface area contributed by atoms with Gasteiger partial charge in [-0.15, -0.1) is 0 Å². The predicted molar refractivity (Wildman–Crippen MR) is 22.9 cm³/mol. The molecule has 3 heteroatoms. The van der Waals surface area contributed by atoms with Crippen molar-refractivity contribution in [2.45, 2.75) is 13.3 Å². The fraction of sp³-hybridized carbons (Fsp3) is 0.667. The highest BCUT2D eigenvalue weighted by Crippen LogP contribution is 1.67. The minimum atomic E-state index is -0.745. The third-order valence-corrected chi connectivity index (χ3v) is 0.302. The van der Waals surface area contributed by atoms with E-state index in [1.54, 1.807) is 6.92 Å². The molecule has 0 fully saturated rings. The van der Waals surface area contributed by atoms with Gasteiger partial charge in [0.2, 0.25) is 0 Å². The van der Waals surface area contributed by atoms with Crippen molar-refractivity contribution in [2.75, 3.05) is 0 Å². The first-order chi connectivity index (χ1) is 2.27. The molecule has 0 unspecified atom stereocenters. The summed E-state index contributed by atoms with van der Waals surface area (Å²) in [5, 5.41) is 7.72. The highest BCUT2D eigenvalue weighted by atomic mass is 16.4. The number of carboxylic acids is 1. The van der Waals surface area contributed by atoms with Crippen LogP contribution >= 0.6 is 0 Å². The zero-order valence-electron chi connectivity index (χ0n) is 3.77. The van der Waals surface area contributed by atoms with Gasteiger partial charge in [-0.25, -0.2) is 0 Å². The maximum absolute atomic E-state index is 9.37. The molecule has 0 saturated heterocycles. The minimum Gasteiger partial charge on any atom is -0.481 e. The summed E-state index contributed by atoms with van der Waals surface area (Å²) in [5.74, 6) is -0.745. The minimum absolute atomic E-state index is 0. The molecule has 0 saturated carbocycles. The van der Waals surface area contributed by atoms with Crippen LogP contribution in [0.5, 0.6) is 0 Å². The third-order valence-electron chi connectivity index (χ3n) is 0.302. The molecule has 0 spiro atoms. The Hall–Kier alpha value is -0.570. The molecule has 0 radical (unpaired) electrons. The molecular formula is C3H9NO2. The van der Waals surface area contributed by atoms with Gasteiger partial charge in [0.25, 0.3) is 0 Å². The van der Waals surface area contributed by atoms with Gasteiger partial charge in [-0.05, 0) is 0 Å². The van der Waals surface area contributed by atoms with Crippen molar-refractivity contribution in [1.82, 2.24) is 6.15 Å². The van der Waals surface area contributed by atoms with Crippen LogP contribution in [-0.2, 0) is 4.79 Å². The number of hydrogen-bond acceptors (Lipinski definition) is 2. The standard InChI is InChI=1S/C3H6O2.H3N/c1-2-3(4)5;/h2H2,1H3,(H,4,5);1H3. The molecule has 0 aromatic rings. The summed E-state index contributed by atoms with van der Waals surface area (Å²) >= 11 is 0. The quantitative estimate of drug-likeness (QED) is 0.497.